The quantitative estimate of drug-likeness (QED) is 0.827. The molecule has 0 bridgehead atoms. The van der Waals surface area contributed by atoms with Gasteiger partial charge in [0.05, 0.1) is 0 Å². The fraction of sp³-hybridized carbons (Fsp3) is 0.333. The van der Waals surface area contributed by atoms with Crippen LogP contribution in [-0.2, 0) is 0 Å². The molecule has 2 heteroatoms. The van der Waals surface area contributed by atoms with Crippen LogP contribution in [0.25, 0.3) is 0 Å². The Morgan fingerprint density at radius 3 is 1.95 bits per heavy atom. The highest BCUT2D eigenvalue weighted by Gasteiger charge is 2.13. The van der Waals surface area contributed by atoms with E-state index in [0.29, 0.717) is 5.92 Å². The summed E-state index contributed by atoms with van der Waals surface area (Å²) in [7, 11) is 0. The van der Waals surface area contributed by atoms with Crippen LogP contribution in [0.3, 0.4) is 0 Å². The predicted octanol–water partition coefficient (Wildman–Crippen LogP) is 5.01. The van der Waals surface area contributed by atoms with Crippen molar-refractivity contribution in [3.05, 3.63) is 59.7 Å². The largest absolute Gasteiger partial charge is 0.457 e. The van der Waals surface area contributed by atoms with E-state index in [4.69, 9.17) is 10.5 Å². The maximum atomic E-state index is 6.14. The lowest BCUT2D eigenvalue weighted by atomic mass is 9.98. The lowest BCUT2D eigenvalue weighted by Crippen LogP contribution is -2.07. The average Bonchev–Trinajstić information content (AvgIpc) is 2.47. The molecule has 0 heterocycles. The smallest absolute Gasteiger partial charge is 0.132 e. The number of hydrogen-bond acceptors (Lipinski definition) is 2. The lowest BCUT2D eigenvalue weighted by Gasteiger charge is -2.18. The molecule has 2 aromatic rings. The van der Waals surface area contributed by atoms with Gasteiger partial charge in [-0.2, -0.15) is 0 Å². The van der Waals surface area contributed by atoms with Gasteiger partial charge in [0.1, 0.15) is 11.5 Å². The van der Waals surface area contributed by atoms with Crippen LogP contribution in [0.2, 0.25) is 0 Å². The fourth-order valence-electron chi connectivity index (χ4n) is 2.27. The van der Waals surface area contributed by atoms with Crippen molar-refractivity contribution in [2.75, 3.05) is 0 Å². The van der Waals surface area contributed by atoms with Gasteiger partial charge in [-0.15, -0.1) is 0 Å². The molecule has 0 radical (unpaired) electrons. The monoisotopic (exact) mass is 269 g/mol. The molecular weight excluding hydrogens is 246 g/mol. The van der Waals surface area contributed by atoms with Gasteiger partial charge in [-0.25, -0.2) is 0 Å². The van der Waals surface area contributed by atoms with Gasteiger partial charge in [0.2, 0.25) is 0 Å². The molecule has 0 fully saturated rings. The van der Waals surface area contributed by atoms with Gasteiger partial charge in [-0.05, 0) is 37.0 Å². The van der Waals surface area contributed by atoms with Crippen LogP contribution < -0.4 is 10.5 Å². The minimum Gasteiger partial charge on any atom is -0.457 e. The number of hydrogen-bond donors (Lipinski definition) is 1. The zero-order valence-corrected chi connectivity index (χ0v) is 12.5. The maximum absolute atomic E-state index is 6.14. The highest BCUT2D eigenvalue weighted by atomic mass is 16.5. The van der Waals surface area contributed by atoms with Crippen LogP contribution in [0.15, 0.2) is 48.5 Å². The Bertz CT molecular complexity index is 563. The Kier molecular flexibility index (Phi) is 4.80. The van der Waals surface area contributed by atoms with Gasteiger partial charge < -0.3 is 10.5 Å². The van der Waals surface area contributed by atoms with Crippen LogP contribution in [0.1, 0.15) is 50.3 Å². The van der Waals surface area contributed by atoms with Crippen molar-refractivity contribution in [3.63, 3.8) is 0 Å². The normalized spacial score (nSPS) is 13.8. The van der Waals surface area contributed by atoms with Crippen LogP contribution in [0, 0.1) is 0 Å². The third kappa shape index (κ3) is 3.20. The Morgan fingerprint density at radius 1 is 0.900 bits per heavy atom. The summed E-state index contributed by atoms with van der Waals surface area (Å²) in [6.45, 7) is 6.39. The van der Waals surface area contributed by atoms with E-state index < -0.39 is 0 Å². The minimum atomic E-state index is -0.0399. The Hall–Kier alpha value is -1.80. The standard InChI is InChI=1S/C18H23NO/c1-4-13(2)15-9-5-7-11-17(15)20-18-12-8-6-10-16(18)14(3)19/h5-14H,4,19H2,1-3H3/t13?,14-/m0/s1. The molecule has 0 aromatic heterocycles. The highest BCUT2D eigenvalue weighted by Crippen LogP contribution is 2.34. The molecule has 0 aliphatic heterocycles. The van der Waals surface area contributed by atoms with Gasteiger partial charge in [0.25, 0.3) is 0 Å². The van der Waals surface area contributed by atoms with Crippen molar-refractivity contribution >= 4 is 0 Å². The molecule has 0 spiro atoms. The first kappa shape index (κ1) is 14.6. The van der Waals surface area contributed by atoms with Crippen LogP contribution in [0.4, 0.5) is 0 Å². The number of rotatable bonds is 5. The van der Waals surface area contributed by atoms with E-state index in [1.807, 2.05) is 43.3 Å². The van der Waals surface area contributed by atoms with E-state index in [9.17, 15) is 0 Å². The van der Waals surface area contributed by atoms with Gasteiger partial charge in [0, 0.05) is 11.6 Å². The van der Waals surface area contributed by atoms with E-state index >= 15 is 0 Å². The summed E-state index contributed by atoms with van der Waals surface area (Å²) in [6.07, 6.45) is 1.09. The topological polar surface area (TPSA) is 35.2 Å². The number of benzene rings is 2. The van der Waals surface area contributed by atoms with Gasteiger partial charge >= 0.3 is 0 Å². The molecule has 0 amide bonds. The Labute approximate surface area is 121 Å². The molecule has 0 aliphatic rings. The second-order valence-corrected chi connectivity index (χ2v) is 5.28. The Balaban J connectivity index is 2.36. The second-order valence-electron chi connectivity index (χ2n) is 5.28. The molecule has 2 N–H and O–H groups in total. The predicted molar refractivity (Wildman–Crippen MR) is 84.3 cm³/mol. The van der Waals surface area contributed by atoms with Crippen molar-refractivity contribution in [2.24, 2.45) is 5.73 Å². The van der Waals surface area contributed by atoms with Crippen molar-refractivity contribution in [1.29, 1.82) is 0 Å². The highest BCUT2D eigenvalue weighted by molar-refractivity contribution is 5.43. The Morgan fingerprint density at radius 2 is 1.40 bits per heavy atom. The van der Waals surface area contributed by atoms with Crippen molar-refractivity contribution in [2.45, 2.75) is 39.2 Å². The average molecular weight is 269 g/mol. The first-order valence-corrected chi connectivity index (χ1v) is 7.24. The van der Waals surface area contributed by atoms with Crippen LogP contribution in [-0.4, -0.2) is 0 Å². The van der Waals surface area contributed by atoms with Crippen molar-refractivity contribution < 1.29 is 4.74 Å². The summed E-state index contributed by atoms with van der Waals surface area (Å²) in [5, 5.41) is 0. The molecule has 2 aromatic carbocycles. The summed E-state index contributed by atoms with van der Waals surface area (Å²) in [5.74, 6) is 2.25. The summed E-state index contributed by atoms with van der Waals surface area (Å²) in [5.41, 5.74) is 8.29. The van der Waals surface area contributed by atoms with E-state index in [1.54, 1.807) is 0 Å². The molecule has 2 rings (SSSR count). The van der Waals surface area contributed by atoms with Gasteiger partial charge in [-0.1, -0.05) is 50.2 Å². The molecule has 2 atom stereocenters. The zero-order chi connectivity index (χ0) is 14.5. The van der Waals surface area contributed by atoms with E-state index in [-0.39, 0.29) is 6.04 Å². The molecular formula is C18H23NO. The lowest BCUT2D eigenvalue weighted by molar-refractivity contribution is 0.461. The molecule has 1 unspecified atom stereocenters. The van der Waals surface area contributed by atoms with Crippen molar-refractivity contribution in [3.8, 4) is 11.5 Å². The van der Waals surface area contributed by atoms with E-state index in [1.165, 1.54) is 5.56 Å². The minimum absolute atomic E-state index is 0.0399. The number of ether oxygens (including phenoxy) is 1. The fourth-order valence-corrected chi connectivity index (χ4v) is 2.27. The summed E-state index contributed by atoms with van der Waals surface area (Å²) >= 11 is 0. The number of para-hydroxylation sites is 2. The van der Waals surface area contributed by atoms with E-state index in [0.717, 1.165) is 23.5 Å². The summed E-state index contributed by atoms with van der Waals surface area (Å²) in [6, 6.07) is 16.2. The maximum Gasteiger partial charge on any atom is 0.132 e. The van der Waals surface area contributed by atoms with Gasteiger partial charge in [-0.3, -0.25) is 0 Å². The van der Waals surface area contributed by atoms with E-state index in [2.05, 4.69) is 26.0 Å². The molecule has 106 valence electrons. The SMILES string of the molecule is CCC(C)c1ccccc1Oc1ccccc1[C@H](C)N. The molecule has 20 heavy (non-hydrogen) atoms. The van der Waals surface area contributed by atoms with Crippen LogP contribution in [0.5, 0.6) is 11.5 Å². The summed E-state index contributed by atoms with van der Waals surface area (Å²) in [4.78, 5) is 0. The second kappa shape index (κ2) is 6.58. The molecule has 0 saturated heterocycles. The third-order valence-electron chi connectivity index (χ3n) is 3.69. The third-order valence-corrected chi connectivity index (χ3v) is 3.69. The first-order valence-electron chi connectivity index (χ1n) is 7.24. The molecule has 2 nitrogen and oxygen atoms in total. The zero-order valence-electron chi connectivity index (χ0n) is 12.5. The van der Waals surface area contributed by atoms with Gasteiger partial charge in [0.15, 0.2) is 0 Å². The number of nitrogens with two attached hydrogens (primary N) is 1. The first-order chi connectivity index (χ1) is 9.63. The summed E-state index contributed by atoms with van der Waals surface area (Å²) < 4.78 is 6.14. The molecule has 0 saturated carbocycles. The van der Waals surface area contributed by atoms with Crippen LogP contribution >= 0.6 is 0 Å². The molecule has 0 aliphatic carbocycles. The van der Waals surface area contributed by atoms with Crippen molar-refractivity contribution in [1.82, 2.24) is 0 Å².